The van der Waals surface area contributed by atoms with Crippen molar-refractivity contribution in [3.63, 3.8) is 0 Å². The first-order valence-electron chi connectivity index (χ1n) is 4.48. The summed E-state index contributed by atoms with van der Waals surface area (Å²) in [7, 11) is 0. The van der Waals surface area contributed by atoms with Crippen LogP contribution in [0.2, 0.25) is 0 Å². The quantitative estimate of drug-likeness (QED) is 0.641. The Bertz CT molecular complexity index is 568. The van der Waals surface area contributed by atoms with Crippen molar-refractivity contribution in [2.45, 2.75) is 6.92 Å². The minimum Gasteiger partial charge on any atom is -0.157 e. The van der Waals surface area contributed by atoms with E-state index in [1.165, 1.54) is 27.1 Å². The van der Waals surface area contributed by atoms with Crippen LogP contribution in [-0.2, 0) is 26.2 Å². The molecule has 0 amide bonds. The fourth-order valence-electron chi connectivity index (χ4n) is 1.89. The summed E-state index contributed by atoms with van der Waals surface area (Å²) in [6.45, 7) is 2.13. The largest absolute Gasteiger partial charge is 0.157 e. The first kappa shape index (κ1) is 15.9. The van der Waals surface area contributed by atoms with E-state index < -0.39 is 0 Å². The molecule has 0 nitrogen and oxygen atoms in total. The van der Waals surface area contributed by atoms with Crippen LogP contribution in [0.4, 0.5) is 0 Å². The average molecular weight is 329 g/mol. The summed E-state index contributed by atoms with van der Waals surface area (Å²) >= 11 is 0. The van der Waals surface area contributed by atoms with Gasteiger partial charge in [-0.25, -0.2) is 0 Å². The Balaban J connectivity index is 0.000000750. The van der Waals surface area contributed by atoms with Gasteiger partial charge < -0.3 is 0 Å². The smallest absolute Gasteiger partial charge is 0 e. The molecular weight excluding hydrogens is 318 g/mol. The minimum absolute atomic E-state index is 0. The van der Waals surface area contributed by atoms with Crippen LogP contribution in [0.25, 0.3) is 17.7 Å². The second-order valence-corrected chi connectivity index (χ2v) is 3.52. The molecule has 0 saturated heterocycles. The number of hydrogen-bond acceptors (Lipinski definition) is 0. The van der Waals surface area contributed by atoms with Crippen LogP contribution in [-0.4, -0.2) is 0 Å². The van der Waals surface area contributed by atoms with E-state index in [0.29, 0.717) is 0 Å². The van der Waals surface area contributed by atoms with Gasteiger partial charge in [0, 0.05) is 26.2 Å². The zero-order valence-electron chi connectivity index (χ0n) is 8.78. The first-order chi connectivity index (χ1) is 6.34. The van der Waals surface area contributed by atoms with Gasteiger partial charge >= 0.3 is 0 Å². The predicted molar refractivity (Wildman–Crippen MR) is 69.7 cm³/mol. The van der Waals surface area contributed by atoms with Crippen molar-refractivity contribution in [2.75, 3.05) is 0 Å². The van der Waals surface area contributed by atoms with Gasteiger partial charge in [-0.05, 0) is 5.56 Å². The summed E-state index contributed by atoms with van der Waals surface area (Å²) in [5.74, 6) is 0. The molecule has 3 rings (SSSR count). The second kappa shape index (κ2) is 6.00. The van der Waals surface area contributed by atoms with E-state index in [1.807, 2.05) is 0 Å². The topological polar surface area (TPSA) is 0 Å². The van der Waals surface area contributed by atoms with Crippen molar-refractivity contribution in [1.29, 1.82) is 0 Å². The Morgan fingerprint density at radius 2 is 1.88 bits per heavy atom. The van der Waals surface area contributed by atoms with Crippen LogP contribution in [0.3, 0.4) is 0 Å². The number of fused-ring (bicyclic) bond motifs is 2. The number of halogens is 2. The maximum absolute atomic E-state index is 3.27. The average Bonchev–Trinajstić information content (AvgIpc) is 2.70. The van der Waals surface area contributed by atoms with Gasteiger partial charge in [0.2, 0.25) is 0 Å². The predicted octanol–water partition coefficient (Wildman–Crippen LogP) is 2.23. The van der Waals surface area contributed by atoms with Gasteiger partial charge in [-0.15, -0.1) is 42.2 Å². The van der Waals surface area contributed by atoms with Crippen molar-refractivity contribution in [2.24, 2.45) is 0 Å². The Hall–Kier alpha value is -0.0969. The molecule has 0 heterocycles. The molecule has 0 bridgehead atoms. The number of rotatable bonds is 0. The van der Waals surface area contributed by atoms with E-state index in [2.05, 4.69) is 49.4 Å². The molecule has 1 aromatic rings. The number of benzene rings is 1. The molecule has 3 heteroatoms. The Kier molecular flexibility index (Phi) is 5.97. The molecule has 0 atom stereocenters. The van der Waals surface area contributed by atoms with Crippen LogP contribution in [0.1, 0.15) is 18.1 Å². The SMILES string of the molecule is CC1=c2cc3c(cc2[C-]=C1)=CC=C3.Cl.Cl.[Zr]. The monoisotopic (exact) mass is 327 g/mol. The molecule has 16 heavy (non-hydrogen) atoms. The summed E-state index contributed by atoms with van der Waals surface area (Å²) in [6.07, 6.45) is 11.7. The third-order valence-corrected chi connectivity index (χ3v) is 2.64. The molecular formula is C13H11Cl2Zr-. The van der Waals surface area contributed by atoms with Crippen LogP contribution < -0.4 is 10.4 Å². The van der Waals surface area contributed by atoms with Gasteiger partial charge in [0.1, 0.15) is 0 Å². The maximum Gasteiger partial charge on any atom is 0 e. The summed E-state index contributed by atoms with van der Waals surface area (Å²) in [5.41, 5.74) is 3.88. The van der Waals surface area contributed by atoms with Crippen molar-refractivity contribution in [3.05, 3.63) is 51.9 Å². The molecule has 0 N–H and O–H groups in total. The fraction of sp³-hybridized carbons (Fsp3) is 0.0769. The molecule has 2 aliphatic carbocycles. The van der Waals surface area contributed by atoms with Crippen LogP contribution in [0.15, 0.2) is 24.3 Å². The third-order valence-electron chi connectivity index (χ3n) is 2.64. The molecule has 2 aliphatic rings. The molecule has 0 unspecified atom stereocenters. The van der Waals surface area contributed by atoms with Gasteiger partial charge in [0.25, 0.3) is 0 Å². The Labute approximate surface area is 127 Å². The Morgan fingerprint density at radius 3 is 2.62 bits per heavy atom. The summed E-state index contributed by atoms with van der Waals surface area (Å²) in [5, 5.41) is 2.65. The van der Waals surface area contributed by atoms with Crippen molar-refractivity contribution in [1.82, 2.24) is 0 Å². The third kappa shape index (κ3) is 2.42. The van der Waals surface area contributed by atoms with Crippen LogP contribution >= 0.6 is 24.8 Å². The van der Waals surface area contributed by atoms with Gasteiger partial charge in [0.15, 0.2) is 0 Å². The minimum atomic E-state index is 0. The first-order valence-corrected chi connectivity index (χ1v) is 4.48. The second-order valence-electron chi connectivity index (χ2n) is 3.52. The Morgan fingerprint density at radius 1 is 1.12 bits per heavy atom. The number of hydrogen-bond donors (Lipinski definition) is 0. The summed E-state index contributed by atoms with van der Waals surface area (Å²) in [6, 6.07) is 4.45. The summed E-state index contributed by atoms with van der Waals surface area (Å²) in [4.78, 5) is 0. The molecule has 0 spiro atoms. The van der Waals surface area contributed by atoms with Gasteiger partial charge in [0.05, 0.1) is 0 Å². The molecule has 0 saturated carbocycles. The standard InChI is InChI=1S/C13H9.2ClH.Zr/c1-9-5-6-12-7-10-3-2-4-11(10)8-13(9)12;;;/h2-5,7-8H,1H3;2*1H;/q-1;;;. The molecule has 82 valence electrons. The van der Waals surface area contributed by atoms with E-state index >= 15 is 0 Å². The maximum atomic E-state index is 3.27. The molecule has 0 radical (unpaired) electrons. The zero-order valence-corrected chi connectivity index (χ0v) is 12.9. The van der Waals surface area contributed by atoms with E-state index in [0.717, 1.165) is 0 Å². The fourth-order valence-corrected chi connectivity index (χ4v) is 1.89. The van der Waals surface area contributed by atoms with E-state index in [4.69, 9.17) is 0 Å². The number of allylic oxidation sites excluding steroid dienone is 2. The van der Waals surface area contributed by atoms with Crippen molar-refractivity contribution >= 4 is 42.5 Å². The van der Waals surface area contributed by atoms with E-state index in [-0.39, 0.29) is 51.0 Å². The van der Waals surface area contributed by atoms with E-state index in [9.17, 15) is 0 Å². The molecule has 0 fully saturated rings. The molecule has 0 aliphatic heterocycles. The van der Waals surface area contributed by atoms with Crippen molar-refractivity contribution < 1.29 is 26.2 Å². The van der Waals surface area contributed by atoms with Crippen molar-refractivity contribution in [3.8, 4) is 0 Å². The molecule has 1 aromatic carbocycles. The van der Waals surface area contributed by atoms with Gasteiger partial charge in [-0.2, -0.15) is 17.2 Å². The van der Waals surface area contributed by atoms with Gasteiger partial charge in [-0.3, -0.25) is 0 Å². The zero-order chi connectivity index (χ0) is 8.84. The van der Waals surface area contributed by atoms with Crippen LogP contribution in [0.5, 0.6) is 0 Å². The summed E-state index contributed by atoms with van der Waals surface area (Å²) < 4.78 is 0. The van der Waals surface area contributed by atoms with Gasteiger partial charge in [-0.1, -0.05) is 36.4 Å². The molecule has 0 aromatic heterocycles. The van der Waals surface area contributed by atoms with E-state index in [1.54, 1.807) is 0 Å². The van der Waals surface area contributed by atoms with Crippen LogP contribution in [0, 0.1) is 6.08 Å². The normalized spacial score (nSPS) is 12.9.